The molecule has 158 valence electrons. The monoisotopic (exact) mass is 417 g/mol. The Hall–Kier alpha value is -2.12. The molecule has 0 unspecified atom stereocenters. The zero-order valence-electron chi connectivity index (χ0n) is 18.1. The molecule has 0 fully saturated rings. The Kier molecular flexibility index (Phi) is 8.46. The maximum absolute atomic E-state index is 13.2. The molecule has 1 aromatic heterocycles. The third kappa shape index (κ3) is 5.93. The van der Waals surface area contributed by atoms with Crippen molar-refractivity contribution in [3.05, 3.63) is 47.3 Å². The smallest absolute Gasteiger partial charge is 0.262 e. The van der Waals surface area contributed by atoms with E-state index in [2.05, 4.69) is 39.6 Å². The second-order valence-electron chi connectivity index (χ2n) is 7.80. The van der Waals surface area contributed by atoms with Crippen LogP contribution in [0.2, 0.25) is 0 Å². The second kappa shape index (κ2) is 10.6. The summed E-state index contributed by atoms with van der Waals surface area (Å²) >= 11 is 1.32. The Morgan fingerprint density at radius 3 is 2.52 bits per heavy atom. The van der Waals surface area contributed by atoms with E-state index in [0.717, 1.165) is 6.54 Å². The van der Waals surface area contributed by atoms with Crippen molar-refractivity contribution in [2.45, 2.75) is 63.7 Å². The highest BCUT2D eigenvalue weighted by molar-refractivity contribution is 8.00. The maximum Gasteiger partial charge on any atom is 0.262 e. The minimum atomic E-state index is -0.368. The first-order valence-corrected chi connectivity index (χ1v) is 11.0. The van der Waals surface area contributed by atoms with Gasteiger partial charge in [0.25, 0.3) is 5.56 Å². The van der Waals surface area contributed by atoms with Gasteiger partial charge in [-0.3, -0.25) is 14.2 Å². The van der Waals surface area contributed by atoms with Gasteiger partial charge in [0.1, 0.15) is 0 Å². The number of rotatable bonds is 10. The van der Waals surface area contributed by atoms with Gasteiger partial charge < -0.3 is 10.2 Å². The molecule has 0 saturated carbocycles. The van der Waals surface area contributed by atoms with Crippen molar-refractivity contribution < 1.29 is 9.69 Å². The minimum absolute atomic E-state index is 0.0522. The Balaban J connectivity index is 2.39. The van der Waals surface area contributed by atoms with Gasteiger partial charge in [-0.25, -0.2) is 4.98 Å². The number of thioether (sulfide) groups is 1. The zero-order chi connectivity index (χ0) is 21.6. The number of hydrogen-bond donors (Lipinski definition) is 2. The molecule has 0 aliphatic heterocycles. The van der Waals surface area contributed by atoms with Crippen molar-refractivity contribution in [2.24, 2.45) is 0 Å². The highest BCUT2D eigenvalue weighted by Crippen LogP contribution is 2.22. The van der Waals surface area contributed by atoms with Gasteiger partial charge in [0.05, 0.1) is 41.3 Å². The molecular weight excluding hydrogens is 384 g/mol. The molecule has 29 heavy (non-hydrogen) atoms. The van der Waals surface area contributed by atoms with E-state index in [-0.39, 0.29) is 16.7 Å². The number of quaternary nitrogens is 1. The standard InChI is InChI=1S/C22H32N4O2S/c1-7-12-23-20(27)17(6)29-22-24-19-11-9-8-10-18(19)21(28)26(22)14-13-25(15(2)3)16(4)5/h7-11,15-17H,1,12-14H2,2-6H3,(H,23,27)/p+1/t17-/m0/s1. The second-order valence-corrected chi connectivity index (χ2v) is 9.10. The summed E-state index contributed by atoms with van der Waals surface area (Å²) in [5.41, 5.74) is 0.607. The van der Waals surface area contributed by atoms with Crippen LogP contribution in [0.5, 0.6) is 0 Å². The van der Waals surface area contributed by atoms with E-state index < -0.39 is 0 Å². The van der Waals surface area contributed by atoms with E-state index >= 15 is 0 Å². The van der Waals surface area contributed by atoms with Crippen molar-refractivity contribution in [1.29, 1.82) is 0 Å². The molecule has 2 N–H and O–H groups in total. The predicted octanol–water partition coefficient (Wildman–Crippen LogP) is 1.88. The molecule has 1 atom stereocenters. The fourth-order valence-corrected chi connectivity index (χ4v) is 4.41. The summed E-state index contributed by atoms with van der Waals surface area (Å²) < 4.78 is 1.73. The van der Waals surface area contributed by atoms with Crippen molar-refractivity contribution in [2.75, 3.05) is 13.1 Å². The molecule has 1 heterocycles. The van der Waals surface area contributed by atoms with Crippen LogP contribution in [0.15, 0.2) is 46.9 Å². The fourth-order valence-electron chi connectivity index (χ4n) is 3.45. The molecule has 1 aromatic carbocycles. The van der Waals surface area contributed by atoms with Gasteiger partial charge in [-0.2, -0.15) is 0 Å². The van der Waals surface area contributed by atoms with Crippen molar-refractivity contribution >= 4 is 28.6 Å². The number of benzene rings is 1. The van der Waals surface area contributed by atoms with Crippen LogP contribution in [-0.2, 0) is 11.3 Å². The number of nitrogens with one attached hydrogen (secondary N) is 2. The number of para-hydroxylation sites is 1. The zero-order valence-corrected chi connectivity index (χ0v) is 18.9. The highest BCUT2D eigenvalue weighted by atomic mass is 32.2. The molecule has 0 aliphatic rings. The van der Waals surface area contributed by atoms with Gasteiger partial charge in [0.2, 0.25) is 5.91 Å². The minimum Gasteiger partial charge on any atom is -0.352 e. The first-order chi connectivity index (χ1) is 13.8. The van der Waals surface area contributed by atoms with Crippen LogP contribution in [-0.4, -0.2) is 45.9 Å². The van der Waals surface area contributed by atoms with Gasteiger partial charge in [-0.05, 0) is 46.8 Å². The highest BCUT2D eigenvalue weighted by Gasteiger charge is 2.22. The lowest BCUT2D eigenvalue weighted by atomic mass is 10.2. The summed E-state index contributed by atoms with van der Waals surface area (Å²) in [5, 5.41) is 3.63. The molecular formula is C22H33N4O2S+. The normalized spacial score (nSPS) is 12.7. The van der Waals surface area contributed by atoms with Crippen LogP contribution in [0.4, 0.5) is 0 Å². The molecule has 7 heteroatoms. The van der Waals surface area contributed by atoms with Gasteiger partial charge >= 0.3 is 0 Å². The summed E-state index contributed by atoms with van der Waals surface area (Å²) in [5.74, 6) is -0.0968. The summed E-state index contributed by atoms with van der Waals surface area (Å²) in [6, 6.07) is 8.29. The fraction of sp³-hybridized carbons (Fsp3) is 0.500. The largest absolute Gasteiger partial charge is 0.352 e. The van der Waals surface area contributed by atoms with E-state index in [4.69, 9.17) is 4.98 Å². The summed E-state index contributed by atoms with van der Waals surface area (Å²) in [6.07, 6.45) is 1.65. The van der Waals surface area contributed by atoms with Crippen molar-refractivity contribution in [3.8, 4) is 0 Å². The van der Waals surface area contributed by atoms with Crippen LogP contribution in [0.3, 0.4) is 0 Å². The number of amides is 1. The SMILES string of the molecule is C=CCNC(=O)[C@H](C)Sc1nc2ccccc2c(=O)n1CC[NH+](C(C)C)C(C)C. The predicted molar refractivity (Wildman–Crippen MR) is 121 cm³/mol. The van der Waals surface area contributed by atoms with E-state index in [0.29, 0.717) is 41.2 Å². The first kappa shape index (κ1) is 23.2. The summed E-state index contributed by atoms with van der Waals surface area (Å²) in [7, 11) is 0. The Morgan fingerprint density at radius 2 is 1.90 bits per heavy atom. The third-order valence-corrected chi connectivity index (χ3v) is 6.10. The Labute approximate surface area is 177 Å². The van der Waals surface area contributed by atoms with Crippen LogP contribution >= 0.6 is 11.8 Å². The number of carbonyl (C=O) groups is 1. The lowest BCUT2D eigenvalue weighted by molar-refractivity contribution is -0.942. The van der Waals surface area contributed by atoms with E-state index in [1.54, 1.807) is 10.6 Å². The average molecular weight is 418 g/mol. The average Bonchev–Trinajstić information content (AvgIpc) is 2.67. The molecule has 1 amide bonds. The lowest BCUT2D eigenvalue weighted by Gasteiger charge is -2.28. The number of carbonyl (C=O) groups excluding carboxylic acids is 1. The van der Waals surface area contributed by atoms with Gasteiger partial charge in [-0.15, -0.1) is 6.58 Å². The number of nitrogens with zero attached hydrogens (tertiary/aromatic N) is 2. The molecule has 0 radical (unpaired) electrons. The molecule has 2 rings (SSSR count). The maximum atomic E-state index is 13.2. The van der Waals surface area contributed by atoms with E-state index in [1.807, 2.05) is 31.2 Å². The number of hydrogen-bond acceptors (Lipinski definition) is 4. The lowest BCUT2D eigenvalue weighted by Crippen LogP contribution is -3.18. The summed E-state index contributed by atoms with van der Waals surface area (Å²) in [4.78, 5) is 31.7. The Morgan fingerprint density at radius 1 is 1.24 bits per heavy atom. The Bertz CT molecular complexity index is 899. The first-order valence-electron chi connectivity index (χ1n) is 10.2. The van der Waals surface area contributed by atoms with Gasteiger partial charge in [0, 0.05) is 6.54 Å². The topological polar surface area (TPSA) is 68.4 Å². The molecule has 0 aliphatic carbocycles. The van der Waals surface area contributed by atoms with Gasteiger partial charge in [0.15, 0.2) is 5.16 Å². The van der Waals surface area contributed by atoms with Crippen molar-refractivity contribution in [1.82, 2.24) is 14.9 Å². The molecule has 2 aromatic rings. The molecule has 6 nitrogen and oxygen atoms in total. The van der Waals surface area contributed by atoms with Gasteiger partial charge in [-0.1, -0.05) is 30.0 Å². The van der Waals surface area contributed by atoms with Crippen LogP contribution in [0.1, 0.15) is 34.6 Å². The number of aromatic nitrogens is 2. The van der Waals surface area contributed by atoms with Crippen LogP contribution < -0.4 is 15.8 Å². The van der Waals surface area contributed by atoms with E-state index in [1.165, 1.54) is 16.7 Å². The third-order valence-electron chi connectivity index (χ3n) is 5.01. The van der Waals surface area contributed by atoms with Crippen molar-refractivity contribution in [3.63, 3.8) is 0 Å². The molecule has 0 saturated heterocycles. The van der Waals surface area contributed by atoms with Crippen LogP contribution in [0, 0.1) is 0 Å². The number of fused-ring (bicyclic) bond motifs is 1. The summed E-state index contributed by atoms with van der Waals surface area (Å²) in [6.45, 7) is 16.0. The molecule has 0 bridgehead atoms. The van der Waals surface area contributed by atoms with E-state index in [9.17, 15) is 9.59 Å². The quantitative estimate of drug-likeness (QED) is 0.352. The van der Waals surface area contributed by atoms with Crippen LogP contribution in [0.25, 0.3) is 10.9 Å². The molecule has 0 spiro atoms.